The Morgan fingerprint density at radius 3 is 2.62 bits per heavy atom. The van der Waals surface area contributed by atoms with Gasteiger partial charge in [-0.25, -0.2) is 8.42 Å². The van der Waals surface area contributed by atoms with Crippen LogP contribution in [0.2, 0.25) is 0 Å². The molecule has 1 aromatic rings. The van der Waals surface area contributed by atoms with Crippen LogP contribution < -0.4 is 5.32 Å². The van der Waals surface area contributed by atoms with Gasteiger partial charge < -0.3 is 15.0 Å². The number of aryl methyl sites for hydroxylation is 1. The molecule has 2 rings (SSSR count). The molecule has 0 saturated carbocycles. The summed E-state index contributed by atoms with van der Waals surface area (Å²) in [7, 11) is -3.55. The number of anilines is 1. The van der Waals surface area contributed by atoms with Gasteiger partial charge in [-0.3, -0.25) is 4.79 Å². The smallest absolute Gasteiger partial charge is 0.310 e. The third kappa shape index (κ3) is 5.67. The number of sulfonamides is 1. The number of carbonyl (C=O) groups is 1. The van der Waals surface area contributed by atoms with Gasteiger partial charge in [-0.1, -0.05) is 19.9 Å². The van der Waals surface area contributed by atoms with Gasteiger partial charge in [0.05, 0.1) is 17.4 Å². The zero-order valence-corrected chi connectivity index (χ0v) is 19.2. The maximum Gasteiger partial charge on any atom is 0.310 e. The molecule has 7 nitrogen and oxygen atoms in total. The quantitative estimate of drug-likeness (QED) is 0.515. The molecule has 1 heterocycles. The number of nitrogens with zero attached hydrogens (tertiary/aromatic N) is 2. The first-order valence-electron chi connectivity index (χ1n) is 10.1. The van der Waals surface area contributed by atoms with E-state index in [2.05, 4.69) is 5.32 Å². The number of esters is 1. The predicted octanol–water partition coefficient (Wildman–Crippen LogP) is 3.00. The van der Waals surface area contributed by atoms with Crippen LogP contribution in [0.4, 0.5) is 5.69 Å². The first kappa shape index (κ1) is 23.6. The molecule has 0 aromatic heterocycles. The third-order valence-electron chi connectivity index (χ3n) is 5.12. The summed E-state index contributed by atoms with van der Waals surface area (Å²) in [5.41, 5.74) is 1.55. The van der Waals surface area contributed by atoms with Crippen molar-refractivity contribution < 1.29 is 17.9 Å². The van der Waals surface area contributed by atoms with Crippen LogP contribution in [0.3, 0.4) is 0 Å². The highest BCUT2D eigenvalue weighted by atomic mass is 32.2. The minimum absolute atomic E-state index is 0.191. The maximum atomic E-state index is 12.8. The van der Waals surface area contributed by atoms with Crippen molar-refractivity contribution in [2.45, 2.75) is 45.4 Å². The van der Waals surface area contributed by atoms with Crippen LogP contribution in [-0.4, -0.2) is 61.5 Å². The molecular formula is C20H31N3O4S2. The SMILES string of the molecule is CCOC(=O)[C@H]1CCCN(C(=S)Nc2cc(S(=O)(=O)N(CC)CC)ccc2C)C1. The van der Waals surface area contributed by atoms with Crippen LogP contribution in [0.25, 0.3) is 0 Å². The fourth-order valence-electron chi connectivity index (χ4n) is 3.42. The number of hydrogen-bond acceptors (Lipinski definition) is 5. The molecule has 1 aliphatic heterocycles. The fraction of sp³-hybridized carbons (Fsp3) is 0.600. The van der Waals surface area contributed by atoms with E-state index in [4.69, 9.17) is 17.0 Å². The summed E-state index contributed by atoms with van der Waals surface area (Å²) >= 11 is 5.56. The van der Waals surface area contributed by atoms with E-state index in [1.165, 1.54) is 4.31 Å². The fourth-order valence-corrected chi connectivity index (χ4v) is 5.18. The van der Waals surface area contributed by atoms with Crippen molar-refractivity contribution in [3.8, 4) is 0 Å². The Hall–Kier alpha value is -1.71. The molecular weight excluding hydrogens is 410 g/mol. The topological polar surface area (TPSA) is 79.0 Å². The number of piperidine rings is 1. The van der Waals surface area contributed by atoms with E-state index in [1.54, 1.807) is 25.1 Å². The largest absolute Gasteiger partial charge is 0.466 e. The molecule has 1 saturated heterocycles. The Kier molecular flexibility index (Phi) is 8.42. The Morgan fingerprint density at radius 1 is 1.31 bits per heavy atom. The van der Waals surface area contributed by atoms with Crippen molar-refractivity contribution in [1.29, 1.82) is 0 Å². The Bertz CT molecular complexity index is 838. The maximum absolute atomic E-state index is 12.8. The molecule has 29 heavy (non-hydrogen) atoms. The summed E-state index contributed by atoms with van der Waals surface area (Å²) in [5, 5.41) is 3.67. The number of rotatable bonds is 7. The van der Waals surface area contributed by atoms with E-state index in [0.29, 0.717) is 37.0 Å². The van der Waals surface area contributed by atoms with E-state index in [0.717, 1.165) is 24.9 Å². The minimum atomic E-state index is -3.55. The van der Waals surface area contributed by atoms with Crippen molar-refractivity contribution >= 4 is 39.0 Å². The lowest BCUT2D eigenvalue weighted by molar-refractivity contribution is -0.149. The summed E-state index contributed by atoms with van der Waals surface area (Å²) in [4.78, 5) is 14.3. The molecule has 0 amide bonds. The molecule has 0 radical (unpaired) electrons. The van der Waals surface area contributed by atoms with E-state index in [1.807, 2.05) is 25.7 Å². The molecule has 0 spiro atoms. The van der Waals surface area contributed by atoms with Gasteiger partial charge in [-0.05, 0) is 56.6 Å². The number of benzene rings is 1. The highest BCUT2D eigenvalue weighted by Crippen LogP contribution is 2.24. The lowest BCUT2D eigenvalue weighted by Crippen LogP contribution is -2.44. The van der Waals surface area contributed by atoms with Crippen LogP contribution in [0, 0.1) is 12.8 Å². The molecule has 0 bridgehead atoms. The average Bonchev–Trinajstić information content (AvgIpc) is 2.70. The number of ether oxygens (including phenoxy) is 1. The zero-order valence-electron chi connectivity index (χ0n) is 17.6. The summed E-state index contributed by atoms with van der Waals surface area (Å²) in [6, 6.07) is 5.02. The van der Waals surface area contributed by atoms with Crippen molar-refractivity contribution in [3.63, 3.8) is 0 Å². The first-order chi connectivity index (χ1) is 13.7. The Balaban J connectivity index is 2.17. The normalized spacial score (nSPS) is 17.3. The minimum Gasteiger partial charge on any atom is -0.466 e. The van der Waals surface area contributed by atoms with Gasteiger partial charge in [-0.2, -0.15) is 4.31 Å². The second-order valence-corrected chi connectivity index (χ2v) is 9.36. The van der Waals surface area contributed by atoms with Gasteiger partial charge in [0.2, 0.25) is 10.0 Å². The molecule has 0 unspecified atom stereocenters. The van der Waals surface area contributed by atoms with Crippen LogP contribution in [0.5, 0.6) is 0 Å². The average molecular weight is 442 g/mol. The number of thiocarbonyl (C=S) groups is 1. The monoisotopic (exact) mass is 441 g/mol. The van der Waals surface area contributed by atoms with Crippen LogP contribution >= 0.6 is 12.2 Å². The zero-order chi connectivity index (χ0) is 21.6. The van der Waals surface area contributed by atoms with Gasteiger partial charge in [0.1, 0.15) is 0 Å². The number of carbonyl (C=O) groups excluding carboxylic acids is 1. The molecule has 1 aromatic carbocycles. The number of nitrogens with one attached hydrogen (secondary N) is 1. The highest BCUT2D eigenvalue weighted by molar-refractivity contribution is 7.89. The predicted molar refractivity (Wildman–Crippen MR) is 118 cm³/mol. The van der Waals surface area contributed by atoms with Crippen molar-refractivity contribution in [1.82, 2.24) is 9.21 Å². The number of likely N-dealkylation sites (tertiary alicyclic amines) is 1. The van der Waals surface area contributed by atoms with E-state index in [9.17, 15) is 13.2 Å². The second kappa shape index (κ2) is 10.4. The molecule has 1 fully saturated rings. The summed E-state index contributed by atoms with van der Waals surface area (Å²) < 4.78 is 32.2. The lowest BCUT2D eigenvalue weighted by atomic mass is 9.98. The molecule has 0 aliphatic carbocycles. The summed E-state index contributed by atoms with van der Waals surface area (Å²) in [5.74, 6) is -0.387. The summed E-state index contributed by atoms with van der Waals surface area (Å²) in [6.45, 7) is 9.78. The first-order valence-corrected chi connectivity index (χ1v) is 11.9. The highest BCUT2D eigenvalue weighted by Gasteiger charge is 2.28. The lowest BCUT2D eigenvalue weighted by Gasteiger charge is -2.33. The van der Waals surface area contributed by atoms with Crippen LogP contribution in [-0.2, 0) is 19.6 Å². The van der Waals surface area contributed by atoms with Gasteiger partial charge in [-0.15, -0.1) is 0 Å². The molecule has 162 valence electrons. The number of hydrogen-bond donors (Lipinski definition) is 1. The molecule has 9 heteroatoms. The second-order valence-electron chi connectivity index (χ2n) is 7.03. The van der Waals surface area contributed by atoms with Gasteiger partial charge in [0.25, 0.3) is 0 Å². The van der Waals surface area contributed by atoms with E-state index >= 15 is 0 Å². The van der Waals surface area contributed by atoms with Crippen LogP contribution in [0.1, 0.15) is 39.2 Å². The van der Waals surface area contributed by atoms with E-state index < -0.39 is 10.0 Å². The van der Waals surface area contributed by atoms with Crippen molar-refractivity contribution in [2.75, 3.05) is 38.1 Å². The van der Waals surface area contributed by atoms with Gasteiger partial charge in [0.15, 0.2) is 5.11 Å². The molecule has 1 N–H and O–H groups in total. The third-order valence-corrected chi connectivity index (χ3v) is 7.53. The summed E-state index contributed by atoms with van der Waals surface area (Å²) in [6.07, 6.45) is 1.63. The Morgan fingerprint density at radius 2 is 2.00 bits per heavy atom. The van der Waals surface area contributed by atoms with E-state index in [-0.39, 0.29) is 16.8 Å². The van der Waals surface area contributed by atoms with Crippen molar-refractivity contribution in [2.24, 2.45) is 5.92 Å². The van der Waals surface area contributed by atoms with Gasteiger partial charge >= 0.3 is 5.97 Å². The standard InChI is InChI=1S/C20H31N3O4S2/c1-5-23(6-2)29(25,26)17-11-10-15(4)18(13-17)21-20(28)22-12-8-9-16(14-22)19(24)27-7-3/h10-11,13,16H,5-9,12,14H2,1-4H3,(H,21,28)/t16-/m0/s1. The van der Waals surface area contributed by atoms with Gasteiger partial charge in [0, 0.05) is 31.9 Å². The van der Waals surface area contributed by atoms with Crippen molar-refractivity contribution in [3.05, 3.63) is 23.8 Å². The molecule has 1 aliphatic rings. The van der Waals surface area contributed by atoms with Crippen LogP contribution in [0.15, 0.2) is 23.1 Å². The molecule has 1 atom stereocenters. The Labute approximate surface area is 179 Å².